The van der Waals surface area contributed by atoms with E-state index < -0.39 is 0 Å². The highest BCUT2D eigenvalue weighted by Gasteiger charge is 2.21. The van der Waals surface area contributed by atoms with Crippen LogP contribution in [-0.2, 0) is 13.1 Å². The molecule has 4 nitrogen and oxygen atoms in total. The van der Waals surface area contributed by atoms with Crippen molar-refractivity contribution in [1.29, 1.82) is 0 Å². The predicted molar refractivity (Wildman–Crippen MR) is 105 cm³/mol. The molecule has 3 rings (SSSR count). The Labute approximate surface area is 161 Å². The lowest BCUT2D eigenvalue weighted by molar-refractivity contribution is 0.163. The summed E-state index contributed by atoms with van der Waals surface area (Å²) in [4.78, 5) is 10.9. The number of aromatic nitrogens is 2. The van der Waals surface area contributed by atoms with Gasteiger partial charge >= 0.3 is 0 Å². The molecular formula is C19H26Cl2N4. The molecule has 1 aliphatic rings. The standard InChI is InChI=1S/C19H25ClN4.ClH/c1-15-9-18(20)5-4-17(15)13-24(12-16-10-22-14-23-11-16)19-3-2-7-21-8-6-19;/h4-5,9-11,14,19,21H,2-3,6-8,12-13H2,1H3;1H. The first kappa shape index (κ1) is 20.1. The Morgan fingerprint density at radius 2 is 1.96 bits per heavy atom. The van der Waals surface area contributed by atoms with Gasteiger partial charge in [-0.05, 0) is 62.5 Å². The number of nitrogens with one attached hydrogen (secondary N) is 1. The van der Waals surface area contributed by atoms with E-state index in [4.69, 9.17) is 11.6 Å². The van der Waals surface area contributed by atoms with Crippen molar-refractivity contribution in [2.75, 3.05) is 13.1 Å². The van der Waals surface area contributed by atoms with Crippen molar-refractivity contribution >= 4 is 24.0 Å². The van der Waals surface area contributed by atoms with Crippen LogP contribution in [0.15, 0.2) is 36.9 Å². The van der Waals surface area contributed by atoms with Gasteiger partial charge in [0.25, 0.3) is 0 Å². The lowest BCUT2D eigenvalue weighted by Crippen LogP contribution is -2.35. The van der Waals surface area contributed by atoms with Gasteiger partial charge in [0.1, 0.15) is 6.33 Å². The molecular weight excluding hydrogens is 355 g/mol. The molecule has 1 unspecified atom stereocenters. The molecule has 0 radical (unpaired) electrons. The van der Waals surface area contributed by atoms with E-state index in [1.165, 1.54) is 36.0 Å². The van der Waals surface area contributed by atoms with Crippen LogP contribution in [0.1, 0.15) is 36.0 Å². The molecule has 25 heavy (non-hydrogen) atoms. The highest BCUT2D eigenvalue weighted by Crippen LogP contribution is 2.22. The minimum atomic E-state index is 0. The van der Waals surface area contributed by atoms with Crippen LogP contribution in [0.4, 0.5) is 0 Å². The molecule has 0 bridgehead atoms. The van der Waals surface area contributed by atoms with Crippen molar-refractivity contribution < 1.29 is 0 Å². The van der Waals surface area contributed by atoms with Crippen LogP contribution in [0, 0.1) is 6.92 Å². The molecule has 1 atom stereocenters. The van der Waals surface area contributed by atoms with E-state index in [0.717, 1.165) is 31.2 Å². The molecule has 2 aromatic rings. The maximum absolute atomic E-state index is 6.12. The van der Waals surface area contributed by atoms with Crippen LogP contribution in [0.3, 0.4) is 0 Å². The lowest BCUT2D eigenvalue weighted by Gasteiger charge is -2.31. The summed E-state index contributed by atoms with van der Waals surface area (Å²) >= 11 is 6.12. The fourth-order valence-corrected chi connectivity index (χ4v) is 3.61. The zero-order valence-electron chi connectivity index (χ0n) is 14.6. The number of rotatable bonds is 5. The molecule has 1 fully saturated rings. The first-order valence-electron chi connectivity index (χ1n) is 8.66. The first-order valence-corrected chi connectivity index (χ1v) is 9.04. The van der Waals surface area contributed by atoms with Gasteiger partial charge in [0.15, 0.2) is 0 Å². The summed E-state index contributed by atoms with van der Waals surface area (Å²) < 4.78 is 0. The van der Waals surface area contributed by atoms with Gasteiger partial charge in [0.2, 0.25) is 0 Å². The Balaban J connectivity index is 0.00000225. The average Bonchev–Trinajstić information content (AvgIpc) is 2.87. The number of benzene rings is 1. The highest BCUT2D eigenvalue weighted by atomic mass is 35.5. The zero-order chi connectivity index (χ0) is 16.8. The Morgan fingerprint density at radius 3 is 2.72 bits per heavy atom. The highest BCUT2D eigenvalue weighted by molar-refractivity contribution is 6.30. The number of aryl methyl sites for hydroxylation is 1. The molecule has 2 heterocycles. The Bertz CT molecular complexity index is 643. The van der Waals surface area contributed by atoms with Crippen LogP contribution < -0.4 is 5.32 Å². The second-order valence-corrected chi connectivity index (χ2v) is 6.99. The van der Waals surface area contributed by atoms with Crippen molar-refractivity contribution in [3.8, 4) is 0 Å². The minimum absolute atomic E-state index is 0. The lowest BCUT2D eigenvalue weighted by atomic mass is 10.0. The first-order chi connectivity index (χ1) is 11.7. The van der Waals surface area contributed by atoms with Gasteiger partial charge in [-0.2, -0.15) is 0 Å². The Morgan fingerprint density at radius 1 is 1.16 bits per heavy atom. The summed E-state index contributed by atoms with van der Waals surface area (Å²) in [6.07, 6.45) is 9.07. The molecule has 1 N–H and O–H groups in total. The van der Waals surface area contributed by atoms with Gasteiger partial charge in [0.05, 0.1) is 0 Å². The van der Waals surface area contributed by atoms with E-state index in [-0.39, 0.29) is 12.4 Å². The summed E-state index contributed by atoms with van der Waals surface area (Å²) in [7, 11) is 0. The molecule has 1 saturated heterocycles. The molecule has 0 saturated carbocycles. The van der Waals surface area contributed by atoms with Crippen molar-refractivity contribution in [1.82, 2.24) is 20.2 Å². The SMILES string of the molecule is Cc1cc(Cl)ccc1CN(Cc1cncnc1)C1CCCNCC1.Cl. The van der Waals surface area contributed by atoms with E-state index in [2.05, 4.69) is 39.2 Å². The van der Waals surface area contributed by atoms with Gasteiger partial charge in [-0.3, -0.25) is 4.90 Å². The van der Waals surface area contributed by atoms with Crippen LogP contribution >= 0.6 is 24.0 Å². The van der Waals surface area contributed by atoms with Gasteiger partial charge in [0, 0.05) is 42.1 Å². The second-order valence-electron chi connectivity index (χ2n) is 6.56. The van der Waals surface area contributed by atoms with Crippen molar-refractivity contribution in [2.24, 2.45) is 0 Å². The van der Waals surface area contributed by atoms with Crippen molar-refractivity contribution in [2.45, 2.75) is 45.3 Å². The topological polar surface area (TPSA) is 41.1 Å². The van der Waals surface area contributed by atoms with Gasteiger partial charge in [-0.25, -0.2) is 9.97 Å². The summed E-state index contributed by atoms with van der Waals surface area (Å²) in [6.45, 7) is 6.17. The van der Waals surface area contributed by atoms with Gasteiger partial charge < -0.3 is 5.32 Å². The average molecular weight is 381 g/mol. The largest absolute Gasteiger partial charge is 0.317 e. The number of hydrogen-bond donors (Lipinski definition) is 1. The summed E-state index contributed by atoms with van der Waals surface area (Å²) in [5, 5.41) is 4.31. The van der Waals surface area contributed by atoms with Crippen LogP contribution in [0.25, 0.3) is 0 Å². The third kappa shape index (κ3) is 5.93. The van der Waals surface area contributed by atoms with Crippen molar-refractivity contribution in [3.05, 3.63) is 58.6 Å². The van der Waals surface area contributed by atoms with Gasteiger partial charge in [-0.15, -0.1) is 12.4 Å². The third-order valence-electron chi connectivity index (χ3n) is 4.74. The third-order valence-corrected chi connectivity index (χ3v) is 4.97. The molecule has 0 spiro atoms. The second kappa shape index (κ2) is 10.1. The maximum atomic E-state index is 6.12. The monoisotopic (exact) mass is 380 g/mol. The normalized spacial score (nSPS) is 17.8. The predicted octanol–water partition coefficient (Wildman–Crippen LogP) is 4.00. The molecule has 1 aromatic heterocycles. The van der Waals surface area contributed by atoms with Gasteiger partial charge in [-0.1, -0.05) is 17.7 Å². The van der Waals surface area contributed by atoms with E-state index >= 15 is 0 Å². The van der Waals surface area contributed by atoms with Crippen LogP contribution in [-0.4, -0.2) is 34.0 Å². The fraction of sp³-hybridized carbons (Fsp3) is 0.474. The number of hydrogen-bond acceptors (Lipinski definition) is 4. The fourth-order valence-electron chi connectivity index (χ4n) is 3.38. The van der Waals surface area contributed by atoms with E-state index in [0.29, 0.717) is 6.04 Å². The maximum Gasteiger partial charge on any atom is 0.115 e. The quantitative estimate of drug-likeness (QED) is 0.850. The van der Waals surface area contributed by atoms with Crippen LogP contribution in [0.2, 0.25) is 5.02 Å². The molecule has 6 heteroatoms. The minimum Gasteiger partial charge on any atom is -0.317 e. The van der Waals surface area contributed by atoms with Crippen molar-refractivity contribution in [3.63, 3.8) is 0 Å². The molecule has 1 aromatic carbocycles. The molecule has 0 amide bonds. The van der Waals surface area contributed by atoms with E-state index in [1.807, 2.05) is 18.5 Å². The number of nitrogens with zero attached hydrogens (tertiary/aromatic N) is 3. The summed E-state index contributed by atoms with van der Waals surface area (Å²) in [5.74, 6) is 0. The zero-order valence-corrected chi connectivity index (χ0v) is 16.2. The molecule has 136 valence electrons. The molecule has 1 aliphatic heterocycles. The summed E-state index contributed by atoms with van der Waals surface area (Å²) in [5.41, 5.74) is 3.76. The Kier molecular flexibility index (Phi) is 8.10. The smallest absolute Gasteiger partial charge is 0.115 e. The summed E-state index contributed by atoms with van der Waals surface area (Å²) in [6, 6.07) is 6.77. The van der Waals surface area contributed by atoms with Crippen LogP contribution in [0.5, 0.6) is 0 Å². The number of halogens is 2. The molecule has 0 aliphatic carbocycles. The Hall–Kier alpha value is -1.20. The van der Waals surface area contributed by atoms with E-state index in [1.54, 1.807) is 6.33 Å². The van der Waals surface area contributed by atoms with E-state index in [9.17, 15) is 0 Å².